The lowest BCUT2D eigenvalue weighted by atomic mass is 10.0. The molecule has 25 heavy (non-hydrogen) atoms. The van der Waals surface area contributed by atoms with Crippen molar-refractivity contribution < 1.29 is 17.9 Å². The molecule has 140 valence electrons. The van der Waals surface area contributed by atoms with E-state index in [-0.39, 0.29) is 16.0 Å². The normalized spacial score (nSPS) is 22.4. The van der Waals surface area contributed by atoms with Crippen LogP contribution < -0.4 is 9.46 Å². The van der Waals surface area contributed by atoms with E-state index in [1.54, 1.807) is 12.1 Å². The van der Waals surface area contributed by atoms with E-state index < -0.39 is 10.0 Å². The van der Waals surface area contributed by atoms with E-state index in [0.717, 1.165) is 12.1 Å². The summed E-state index contributed by atoms with van der Waals surface area (Å²) in [5.41, 5.74) is 0.499. The number of rotatable bonds is 5. The van der Waals surface area contributed by atoms with Crippen molar-refractivity contribution in [2.24, 2.45) is 0 Å². The highest BCUT2D eigenvalue weighted by Crippen LogP contribution is 2.39. The molecule has 1 fully saturated rings. The Kier molecular flexibility index (Phi) is 4.87. The van der Waals surface area contributed by atoms with Crippen LogP contribution >= 0.6 is 0 Å². The molecule has 0 saturated carbocycles. The molecular weight excluding hydrogens is 340 g/mol. The van der Waals surface area contributed by atoms with E-state index in [9.17, 15) is 8.42 Å². The van der Waals surface area contributed by atoms with Crippen molar-refractivity contribution in [3.05, 3.63) is 23.8 Å². The van der Waals surface area contributed by atoms with E-state index in [1.165, 1.54) is 0 Å². The molecule has 1 aromatic rings. The minimum absolute atomic E-state index is 0.0786. The third-order valence-corrected chi connectivity index (χ3v) is 6.32. The summed E-state index contributed by atoms with van der Waals surface area (Å²) in [6.45, 7) is 11.3. The van der Waals surface area contributed by atoms with Gasteiger partial charge in [0.05, 0.1) is 13.2 Å². The van der Waals surface area contributed by atoms with Gasteiger partial charge in [0.1, 0.15) is 16.2 Å². The Hall–Kier alpha value is -1.15. The SMILES string of the molecule is CC1(C)Cc2cccc(S(=O)(=O)NCCN3CCOCC3(C)C)c2O1. The number of hydrogen-bond acceptors (Lipinski definition) is 5. The van der Waals surface area contributed by atoms with Crippen LogP contribution in [0.15, 0.2) is 23.1 Å². The van der Waals surface area contributed by atoms with Crippen LogP contribution in [0.4, 0.5) is 0 Å². The summed E-state index contributed by atoms with van der Waals surface area (Å²) in [4.78, 5) is 2.49. The molecule has 1 aromatic carbocycles. The van der Waals surface area contributed by atoms with Gasteiger partial charge in [-0.05, 0) is 39.3 Å². The summed E-state index contributed by atoms with van der Waals surface area (Å²) >= 11 is 0. The maximum absolute atomic E-state index is 12.8. The highest BCUT2D eigenvalue weighted by atomic mass is 32.2. The Bertz CT molecular complexity index is 743. The molecule has 0 aliphatic carbocycles. The molecule has 0 unspecified atom stereocenters. The van der Waals surface area contributed by atoms with Gasteiger partial charge in [0.2, 0.25) is 10.0 Å². The highest BCUT2D eigenvalue weighted by Gasteiger charge is 2.35. The first-order valence-corrected chi connectivity index (χ1v) is 10.2. The third kappa shape index (κ3) is 4.00. The van der Waals surface area contributed by atoms with E-state index >= 15 is 0 Å². The Labute approximate surface area is 150 Å². The first-order chi connectivity index (χ1) is 11.6. The average Bonchev–Trinajstić information content (AvgIpc) is 2.82. The Morgan fingerprint density at radius 3 is 2.72 bits per heavy atom. The molecule has 2 aliphatic rings. The van der Waals surface area contributed by atoms with Gasteiger partial charge in [-0.15, -0.1) is 0 Å². The van der Waals surface area contributed by atoms with Gasteiger partial charge in [-0.1, -0.05) is 12.1 Å². The van der Waals surface area contributed by atoms with Crippen molar-refractivity contribution in [1.29, 1.82) is 0 Å². The summed E-state index contributed by atoms with van der Waals surface area (Å²) in [5.74, 6) is 0.492. The lowest BCUT2D eigenvalue weighted by Crippen LogP contribution is -2.54. The number of fused-ring (bicyclic) bond motifs is 1. The minimum atomic E-state index is -3.61. The molecular formula is C18H28N2O4S. The van der Waals surface area contributed by atoms with Crippen molar-refractivity contribution in [1.82, 2.24) is 9.62 Å². The maximum atomic E-state index is 12.8. The molecule has 1 saturated heterocycles. The Morgan fingerprint density at radius 2 is 2.00 bits per heavy atom. The summed E-state index contributed by atoms with van der Waals surface area (Å²) < 4.78 is 39.7. The number of nitrogens with one attached hydrogen (secondary N) is 1. The second kappa shape index (κ2) is 6.54. The molecule has 0 atom stereocenters. The largest absolute Gasteiger partial charge is 0.486 e. The summed E-state index contributed by atoms with van der Waals surface area (Å²) in [7, 11) is -3.61. The highest BCUT2D eigenvalue weighted by molar-refractivity contribution is 7.89. The fourth-order valence-electron chi connectivity index (χ4n) is 3.50. The quantitative estimate of drug-likeness (QED) is 0.858. The molecule has 3 rings (SSSR count). The fourth-order valence-corrected chi connectivity index (χ4v) is 4.69. The van der Waals surface area contributed by atoms with Crippen LogP contribution in [-0.2, 0) is 21.2 Å². The van der Waals surface area contributed by atoms with E-state index in [4.69, 9.17) is 9.47 Å². The van der Waals surface area contributed by atoms with Gasteiger partial charge >= 0.3 is 0 Å². The van der Waals surface area contributed by atoms with Crippen molar-refractivity contribution in [2.45, 2.75) is 50.2 Å². The fraction of sp³-hybridized carbons (Fsp3) is 0.667. The zero-order valence-corrected chi connectivity index (χ0v) is 16.3. The molecule has 0 bridgehead atoms. The predicted octanol–water partition coefficient (Wildman–Crippen LogP) is 1.79. The first-order valence-electron chi connectivity index (χ1n) is 8.74. The predicted molar refractivity (Wildman–Crippen MR) is 96.5 cm³/mol. The monoisotopic (exact) mass is 368 g/mol. The van der Waals surface area contributed by atoms with Crippen LogP contribution in [0.2, 0.25) is 0 Å². The summed E-state index contributed by atoms with van der Waals surface area (Å²) in [5, 5.41) is 0. The van der Waals surface area contributed by atoms with E-state index in [0.29, 0.717) is 38.5 Å². The number of nitrogens with zero attached hydrogens (tertiary/aromatic N) is 1. The van der Waals surface area contributed by atoms with Crippen molar-refractivity contribution in [3.63, 3.8) is 0 Å². The molecule has 2 heterocycles. The van der Waals surface area contributed by atoms with Crippen LogP contribution in [0, 0.1) is 0 Å². The Balaban J connectivity index is 1.69. The first kappa shape index (κ1) is 18.6. The van der Waals surface area contributed by atoms with Gasteiger partial charge in [0, 0.05) is 31.6 Å². The lowest BCUT2D eigenvalue weighted by Gasteiger charge is -2.42. The molecule has 7 heteroatoms. The van der Waals surface area contributed by atoms with Crippen LogP contribution in [0.1, 0.15) is 33.3 Å². The van der Waals surface area contributed by atoms with Crippen LogP contribution in [0.25, 0.3) is 0 Å². The van der Waals surface area contributed by atoms with Crippen LogP contribution in [0.3, 0.4) is 0 Å². The molecule has 2 aliphatic heterocycles. The van der Waals surface area contributed by atoms with Crippen LogP contribution in [-0.4, -0.2) is 57.3 Å². The molecule has 1 N–H and O–H groups in total. The number of sulfonamides is 1. The third-order valence-electron chi connectivity index (χ3n) is 4.84. The lowest BCUT2D eigenvalue weighted by molar-refractivity contribution is -0.0495. The molecule has 0 amide bonds. The Morgan fingerprint density at radius 1 is 1.24 bits per heavy atom. The smallest absolute Gasteiger partial charge is 0.244 e. The van der Waals surface area contributed by atoms with Gasteiger partial charge in [-0.25, -0.2) is 13.1 Å². The van der Waals surface area contributed by atoms with E-state index in [2.05, 4.69) is 23.5 Å². The number of ether oxygens (including phenoxy) is 2. The van der Waals surface area contributed by atoms with Gasteiger partial charge in [-0.3, -0.25) is 4.90 Å². The van der Waals surface area contributed by atoms with Gasteiger partial charge in [-0.2, -0.15) is 0 Å². The van der Waals surface area contributed by atoms with Gasteiger partial charge in [0.25, 0.3) is 0 Å². The second-order valence-electron chi connectivity index (χ2n) is 8.03. The molecule has 0 aromatic heterocycles. The maximum Gasteiger partial charge on any atom is 0.244 e. The zero-order valence-electron chi connectivity index (χ0n) is 15.5. The van der Waals surface area contributed by atoms with Gasteiger partial charge in [0.15, 0.2) is 0 Å². The van der Waals surface area contributed by atoms with Crippen molar-refractivity contribution >= 4 is 10.0 Å². The average molecular weight is 368 g/mol. The zero-order chi connectivity index (χ0) is 18.3. The van der Waals surface area contributed by atoms with E-state index in [1.807, 2.05) is 19.9 Å². The van der Waals surface area contributed by atoms with Crippen molar-refractivity contribution in [2.75, 3.05) is 32.8 Å². The number of para-hydroxylation sites is 1. The summed E-state index contributed by atoms with van der Waals surface area (Å²) in [6.07, 6.45) is 0.716. The number of hydrogen-bond donors (Lipinski definition) is 1. The second-order valence-corrected chi connectivity index (χ2v) is 9.77. The molecule has 0 radical (unpaired) electrons. The van der Waals surface area contributed by atoms with Crippen molar-refractivity contribution in [3.8, 4) is 5.75 Å². The number of benzene rings is 1. The van der Waals surface area contributed by atoms with Crippen LogP contribution in [0.5, 0.6) is 5.75 Å². The van der Waals surface area contributed by atoms with Gasteiger partial charge < -0.3 is 9.47 Å². The molecule has 6 nitrogen and oxygen atoms in total. The minimum Gasteiger partial charge on any atom is -0.486 e. The topological polar surface area (TPSA) is 67.9 Å². The number of morpholine rings is 1. The standard InChI is InChI=1S/C18H28N2O4S/c1-17(2)13-23-11-10-20(17)9-8-19-25(21,22)15-7-5-6-14-12-18(3,4)24-16(14)15/h5-7,19H,8-13H2,1-4H3. The molecule has 0 spiro atoms. The summed E-state index contributed by atoms with van der Waals surface area (Å²) in [6, 6.07) is 5.32.